The van der Waals surface area contributed by atoms with Crippen molar-refractivity contribution in [1.29, 1.82) is 0 Å². The Labute approximate surface area is 162 Å². The predicted molar refractivity (Wildman–Crippen MR) is 112 cm³/mol. The van der Waals surface area contributed by atoms with E-state index in [0.717, 1.165) is 56.7 Å². The zero-order valence-electron chi connectivity index (χ0n) is 16.4. The van der Waals surface area contributed by atoms with Crippen LogP contribution in [0.4, 0.5) is 23.1 Å². The molecule has 0 radical (unpaired) electrons. The van der Waals surface area contributed by atoms with Crippen LogP contribution in [0.25, 0.3) is 0 Å². The lowest BCUT2D eigenvalue weighted by Gasteiger charge is -2.33. The summed E-state index contributed by atoms with van der Waals surface area (Å²) < 4.78 is 0. The fourth-order valence-electron chi connectivity index (χ4n) is 3.77. The van der Waals surface area contributed by atoms with Gasteiger partial charge in [0.15, 0.2) is 0 Å². The predicted octanol–water partition coefficient (Wildman–Crippen LogP) is 3.21. The molecule has 0 atom stereocenters. The topological polar surface area (TPSA) is 47.5 Å². The van der Waals surface area contributed by atoms with Crippen LogP contribution in [0.15, 0.2) is 36.5 Å². The molecule has 0 amide bonds. The van der Waals surface area contributed by atoms with Crippen LogP contribution in [-0.4, -0.2) is 61.2 Å². The van der Waals surface area contributed by atoms with Crippen molar-refractivity contribution in [3.63, 3.8) is 0 Å². The van der Waals surface area contributed by atoms with Gasteiger partial charge in [0.1, 0.15) is 5.82 Å². The van der Waals surface area contributed by atoms with E-state index in [1.165, 1.54) is 18.5 Å². The first-order valence-corrected chi connectivity index (χ1v) is 10.1. The molecule has 1 aromatic carbocycles. The highest BCUT2D eigenvalue weighted by Crippen LogP contribution is 2.25. The number of hydrogen-bond acceptors (Lipinski definition) is 6. The zero-order valence-corrected chi connectivity index (χ0v) is 16.4. The fourth-order valence-corrected chi connectivity index (χ4v) is 3.77. The van der Waals surface area contributed by atoms with Gasteiger partial charge >= 0.3 is 0 Å². The Hall–Kier alpha value is -2.34. The second-order valence-electron chi connectivity index (χ2n) is 7.87. The van der Waals surface area contributed by atoms with Gasteiger partial charge < -0.3 is 20.0 Å². The molecule has 2 saturated heterocycles. The third-order valence-corrected chi connectivity index (χ3v) is 5.74. The van der Waals surface area contributed by atoms with E-state index < -0.39 is 0 Å². The zero-order chi connectivity index (χ0) is 18.6. The van der Waals surface area contributed by atoms with E-state index in [1.807, 2.05) is 12.3 Å². The first-order valence-electron chi connectivity index (χ1n) is 10.1. The van der Waals surface area contributed by atoms with E-state index in [1.54, 1.807) is 0 Å². The summed E-state index contributed by atoms with van der Waals surface area (Å²) in [4.78, 5) is 16.3. The number of aromatic nitrogens is 2. The Morgan fingerprint density at radius 1 is 0.889 bits per heavy atom. The van der Waals surface area contributed by atoms with Gasteiger partial charge in [-0.25, -0.2) is 4.98 Å². The van der Waals surface area contributed by atoms with Gasteiger partial charge in [0.25, 0.3) is 0 Å². The van der Waals surface area contributed by atoms with Crippen molar-refractivity contribution in [2.75, 3.05) is 61.4 Å². The summed E-state index contributed by atoms with van der Waals surface area (Å²) in [6.45, 7) is 8.83. The fraction of sp³-hybridized carbons (Fsp3) is 0.524. The second kappa shape index (κ2) is 8.13. The SMILES string of the molecule is CC1CCN(c2ccc(Nc3nccc(N4CCN(C)CC4)n3)cc2)CC1. The third kappa shape index (κ3) is 4.50. The van der Waals surface area contributed by atoms with Crippen LogP contribution in [0.3, 0.4) is 0 Å². The lowest BCUT2D eigenvalue weighted by Crippen LogP contribution is -2.44. The van der Waals surface area contributed by atoms with E-state index >= 15 is 0 Å². The number of benzene rings is 1. The molecule has 2 fully saturated rings. The monoisotopic (exact) mass is 366 g/mol. The van der Waals surface area contributed by atoms with Crippen molar-refractivity contribution in [3.8, 4) is 0 Å². The third-order valence-electron chi connectivity index (χ3n) is 5.74. The molecule has 6 nitrogen and oxygen atoms in total. The van der Waals surface area contributed by atoms with Gasteiger partial charge in [0.05, 0.1) is 0 Å². The van der Waals surface area contributed by atoms with Gasteiger partial charge in [-0.2, -0.15) is 4.98 Å². The minimum absolute atomic E-state index is 0.658. The first-order chi connectivity index (χ1) is 13.2. The van der Waals surface area contributed by atoms with E-state index in [-0.39, 0.29) is 0 Å². The number of nitrogens with one attached hydrogen (secondary N) is 1. The quantitative estimate of drug-likeness (QED) is 0.897. The molecule has 144 valence electrons. The second-order valence-corrected chi connectivity index (χ2v) is 7.87. The van der Waals surface area contributed by atoms with Gasteiger partial charge in [-0.05, 0) is 56.1 Å². The van der Waals surface area contributed by atoms with Gasteiger partial charge in [-0.3, -0.25) is 0 Å². The van der Waals surface area contributed by atoms with E-state index in [0.29, 0.717) is 5.95 Å². The van der Waals surface area contributed by atoms with Crippen molar-refractivity contribution < 1.29 is 0 Å². The van der Waals surface area contributed by atoms with E-state index in [4.69, 9.17) is 4.98 Å². The van der Waals surface area contributed by atoms with Crippen LogP contribution in [0.2, 0.25) is 0 Å². The van der Waals surface area contributed by atoms with Crippen LogP contribution in [0, 0.1) is 5.92 Å². The van der Waals surface area contributed by atoms with Gasteiger partial charge in [0, 0.05) is 56.8 Å². The molecular weight excluding hydrogens is 336 g/mol. The summed E-state index contributed by atoms with van der Waals surface area (Å²) in [5, 5.41) is 3.35. The number of anilines is 4. The number of likely N-dealkylation sites (N-methyl/N-ethyl adjacent to an activating group) is 1. The lowest BCUT2D eigenvalue weighted by molar-refractivity contribution is 0.312. The number of nitrogens with zero attached hydrogens (tertiary/aromatic N) is 5. The molecule has 1 aromatic heterocycles. The van der Waals surface area contributed by atoms with Crippen molar-refractivity contribution in [1.82, 2.24) is 14.9 Å². The Morgan fingerprint density at radius 3 is 2.30 bits per heavy atom. The molecule has 0 saturated carbocycles. The average Bonchev–Trinajstić information content (AvgIpc) is 2.70. The van der Waals surface area contributed by atoms with E-state index in [9.17, 15) is 0 Å². The van der Waals surface area contributed by atoms with Crippen molar-refractivity contribution in [3.05, 3.63) is 36.5 Å². The van der Waals surface area contributed by atoms with E-state index in [2.05, 4.69) is 63.2 Å². The van der Waals surface area contributed by atoms with Crippen LogP contribution in [-0.2, 0) is 0 Å². The summed E-state index contributed by atoms with van der Waals surface area (Å²) in [5.74, 6) is 2.51. The number of rotatable bonds is 4. The van der Waals surface area contributed by atoms with Crippen LogP contribution >= 0.6 is 0 Å². The number of piperidine rings is 1. The summed E-state index contributed by atoms with van der Waals surface area (Å²) in [6, 6.07) is 10.6. The van der Waals surface area contributed by atoms with Gasteiger partial charge in [0.2, 0.25) is 5.95 Å². The standard InChI is InChI=1S/C21H30N6/c1-17-8-11-26(12-9-17)19-5-3-18(4-6-19)23-21-22-10-7-20(24-21)27-15-13-25(2)14-16-27/h3-7,10,17H,8-9,11-16H2,1-2H3,(H,22,23,24). The van der Waals surface area contributed by atoms with Crippen molar-refractivity contribution in [2.45, 2.75) is 19.8 Å². The summed E-state index contributed by atoms with van der Waals surface area (Å²) in [5.41, 5.74) is 2.33. The molecule has 0 bridgehead atoms. The van der Waals surface area contributed by atoms with Crippen LogP contribution in [0.5, 0.6) is 0 Å². The maximum atomic E-state index is 4.71. The Kier molecular flexibility index (Phi) is 5.43. The normalized spacial score (nSPS) is 19.3. The molecule has 0 aliphatic carbocycles. The highest BCUT2D eigenvalue weighted by molar-refractivity contribution is 5.60. The minimum Gasteiger partial charge on any atom is -0.372 e. The average molecular weight is 367 g/mol. The molecule has 27 heavy (non-hydrogen) atoms. The molecule has 2 aliphatic heterocycles. The number of hydrogen-bond donors (Lipinski definition) is 1. The van der Waals surface area contributed by atoms with Gasteiger partial charge in [-0.15, -0.1) is 0 Å². The molecule has 2 aromatic rings. The highest BCUT2D eigenvalue weighted by Gasteiger charge is 2.17. The van der Waals surface area contributed by atoms with Gasteiger partial charge in [-0.1, -0.05) is 6.92 Å². The Balaban J connectivity index is 1.39. The lowest BCUT2D eigenvalue weighted by atomic mass is 9.99. The molecule has 3 heterocycles. The number of piperazine rings is 1. The summed E-state index contributed by atoms with van der Waals surface area (Å²) >= 11 is 0. The summed E-state index contributed by atoms with van der Waals surface area (Å²) in [7, 11) is 2.17. The first kappa shape index (κ1) is 18.0. The molecule has 0 spiro atoms. The molecule has 2 aliphatic rings. The van der Waals surface area contributed by atoms with Crippen molar-refractivity contribution >= 4 is 23.1 Å². The molecule has 0 unspecified atom stereocenters. The van der Waals surface area contributed by atoms with Crippen LogP contribution < -0.4 is 15.1 Å². The Bertz CT molecular complexity index is 731. The summed E-state index contributed by atoms with van der Waals surface area (Å²) in [6.07, 6.45) is 4.41. The molecule has 6 heteroatoms. The maximum absolute atomic E-state index is 4.71. The largest absolute Gasteiger partial charge is 0.372 e. The van der Waals surface area contributed by atoms with Crippen LogP contribution in [0.1, 0.15) is 19.8 Å². The molecule has 1 N–H and O–H groups in total. The highest BCUT2D eigenvalue weighted by atomic mass is 15.3. The molecule has 4 rings (SSSR count). The minimum atomic E-state index is 0.658. The molecular formula is C21H30N6. The van der Waals surface area contributed by atoms with Crippen molar-refractivity contribution in [2.24, 2.45) is 5.92 Å². The Morgan fingerprint density at radius 2 is 1.59 bits per heavy atom. The smallest absolute Gasteiger partial charge is 0.229 e. The maximum Gasteiger partial charge on any atom is 0.229 e.